The molecule has 0 aromatic carbocycles. The van der Waals surface area contributed by atoms with Gasteiger partial charge in [-0.2, -0.15) is 0 Å². The summed E-state index contributed by atoms with van der Waals surface area (Å²) >= 11 is 0. The van der Waals surface area contributed by atoms with Gasteiger partial charge in [0.15, 0.2) is 5.69 Å². The van der Waals surface area contributed by atoms with Gasteiger partial charge in [0, 0.05) is 25.3 Å². The molecule has 5 heteroatoms. The van der Waals surface area contributed by atoms with Gasteiger partial charge < -0.3 is 14.2 Å². The normalized spacial score (nSPS) is 30.8. The smallest absolute Gasteiger partial charge is 0.276 e. The third-order valence-corrected chi connectivity index (χ3v) is 4.10. The molecule has 5 nitrogen and oxygen atoms in total. The van der Waals surface area contributed by atoms with Crippen LogP contribution < -0.4 is 0 Å². The Balaban J connectivity index is 1.80. The summed E-state index contributed by atoms with van der Waals surface area (Å²) in [5, 5.41) is 3.83. The zero-order valence-electron chi connectivity index (χ0n) is 10.8. The van der Waals surface area contributed by atoms with E-state index in [1.807, 2.05) is 4.90 Å². The highest BCUT2D eigenvalue weighted by Gasteiger charge is 2.44. The molecule has 2 fully saturated rings. The largest absolute Gasteiger partial charge is 0.381 e. The minimum Gasteiger partial charge on any atom is -0.381 e. The van der Waals surface area contributed by atoms with E-state index in [1.165, 1.54) is 0 Å². The third kappa shape index (κ3) is 1.82. The SMILES string of the molecule is COC1C[C@H]2CC[C@@H](C1)N2C(=O)c1cc(C)on1. The van der Waals surface area contributed by atoms with Crippen molar-refractivity contribution in [3.8, 4) is 0 Å². The zero-order valence-corrected chi connectivity index (χ0v) is 10.8. The Kier molecular flexibility index (Phi) is 2.86. The van der Waals surface area contributed by atoms with Crippen LogP contribution in [0.5, 0.6) is 0 Å². The quantitative estimate of drug-likeness (QED) is 0.802. The highest BCUT2D eigenvalue weighted by Crippen LogP contribution is 2.37. The lowest BCUT2D eigenvalue weighted by Gasteiger charge is -2.37. The van der Waals surface area contributed by atoms with Crippen molar-refractivity contribution in [3.05, 3.63) is 17.5 Å². The summed E-state index contributed by atoms with van der Waals surface area (Å²) in [5.74, 6) is 0.686. The highest BCUT2D eigenvalue weighted by molar-refractivity contribution is 5.93. The van der Waals surface area contributed by atoms with Crippen LogP contribution in [-0.2, 0) is 4.74 Å². The maximum Gasteiger partial charge on any atom is 0.276 e. The zero-order chi connectivity index (χ0) is 12.7. The number of hydrogen-bond acceptors (Lipinski definition) is 4. The van der Waals surface area contributed by atoms with Gasteiger partial charge >= 0.3 is 0 Å². The molecule has 0 aliphatic carbocycles. The molecule has 2 bridgehead atoms. The monoisotopic (exact) mass is 250 g/mol. The maximum absolute atomic E-state index is 12.4. The minimum absolute atomic E-state index is 0.00824. The van der Waals surface area contributed by atoms with E-state index in [-0.39, 0.29) is 5.91 Å². The summed E-state index contributed by atoms with van der Waals surface area (Å²) in [5.41, 5.74) is 0.431. The van der Waals surface area contributed by atoms with E-state index in [0.717, 1.165) is 25.7 Å². The molecule has 2 aliphatic heterocycles. The van der Waals surface area contributed by atoms with Gasteiger partial charge in [0.1, 0.15) is 5.76 Å². The minimum atomic E-state index is 0.00824. The Labute approximate surface area is 106 Å². The number of ether oxygens (including phenoxy) is 1. The average Bonchev–Trinajstić information content (AvgIpc) is 2.90. The van der Waals surface area contributed by atoms with E-state index >= 15 is 0 Å². The number of carbonyl (C=O) groups excluding carboxylic acids is 1. The van der Waals surface area contributed by atoms with Gasteiger partial charge in [-0.3, -0.25) is 4.79 Å². The number of hydrogen-bond donors (Lipinski definition) is 0. The van der Waals surface area contributed by atoms with Crippen molar-refractivity contribution in [2.45, 2.75) is 50.8 Å². The highest BCUT2D eigenvalue weighted by atomic mass is 16.5. The summed E-state index contributed by atoms with van der Waals surface area (Å²) in [7, 11) is 1.75. The van der Waals surface area contributed by atoms with Gasteiger partial charge in [0.2, 0.25) is 0 Å². The van der Waals surface area contributed by atoms with Crippen molar-refractivity contribution >= 4 is 5.91 Å². The first kappa shape index (κ1) is 11.7. The summed E-state index contributed by atoms with van der Waals surface area (Å²) in [4.78, 5) is 14.4. The van der Waals surface area contributed by atoms with Crippen LogP contribution in [0.2, 0.25) is 0 Å². The Bertz CT molecular complexity index is 443. The summed E-state index contributed by atoms with van der Waals surface area (Å²) < 4.78 is 10.4. The van der Waals surface area contributed by atoms with Crippen molar-refractivity contribution in [2.24, 2.45) is 0 Å². The second-order valence-electron chi connectivity index (χ2n) is 5.25. The summed E-state index contributed by atoms with van der Waals surface area (Å²) in [6, 6.07) is 2.32. The number of carbonyl (C=O) groups is 1. The molecule has 1 aromatic heterocycles. The third-order valence-electron chi connectivity index (χ3n) is 4.10. The molecule has 0 radical (unpaired) electrons. The number of rotatable bonds is 2. The van der Waals surface area contributed by atoms with Crippen molar-refractivity contribution in [1.82, 2.24) is 10.1 Å². The Morgan fingerprint density at radius 1 is 1.44 bits per heavy atom. The summed E-state index contributed by atoms with van der Waals surface area (Å²) in [6.45, 7) is 1.80. The first-order valence-corrected chi connectivity index (χ1v) is 6.48. The molecule has 2 aliphatic rings. The van der Waals surface area contributed by atoms with Crippen molar-refractivity contribution in [3.63, 3.8) is 0 Å². The van der Waals surface area contributed by atoms with Crippen LogP contribution in [0, 0.1) is 6.92 Å². The number of fused-ring (bicyclic) bond motifs is 2. The van der Waals surface area contributed by atoms with Gasteiger partial charge in [-0.15, -0.1) is 0 Å². The van der Waals surface area contributed by atoms with E-state index < -0.39 is 0 Å². The molecule has 0 saturated carbocycles. The molecule has 0 N–H and O–H groups in total. The Morgan fingerprint density at radius 2 is 2.11 bits per heavy atom. The number of nitrogens with zero attached hydrogens (tertiary/aromatic N) is 2. The van der Waals surface area contributed by atoms with Crippen LogP contribution in [0.1, 0.15) is 41.9 Å². The van der Waals surface area contributed by atoms with Crippen LogP contribution in [0.25, 0.3) is 0 Å². The van der Waals surface area contributed by atoms with Gasteiger partial charge in [0.25, 0.3) is 5.91 Å². The van der Waals surface area contributed by atoms with Gasteiger partial charge in [-0.05, 0) is 32.6 Å². The Hall–Kier alpha value is -1.36. The lowest BCUT2D eigenvalue weighted by molar-refractivity contribution is 0.00777. The molecule has 1 unspecified atom stereocenters. The van der Waals surface area contributed by atoms with E-state index in [0.29, 0.717) is 29.6 Å². The van der Waals surface area contributed by atoms with Crippen molar-refractivity contribution < 1.29 is 14.1 Å². The van der Waals surface area contributed by atoms with Crippen LogP contribution >= 0.6 is 0 Å². The van der Waals surface area contributed by atoms with E-state index in [2.05, 4.69) is 5.16 Å². The lowest BCUT2D eigenvalue weighted by Crippen LogP contribution is -2.48. The molecule has 1 aromatic rings. The second kappa shape index (κ2) is 4.39. The number of aryl methyl sites for hydroxylation is 1. The van der Waals surface area contributed by atoms with E-state index in [4.69, 9.17) is 9.26 Å². The molecule has 3 heterocycles. The molecule has 0 spiro atoms. The molecule has 2 saturated heterocycles. The van der Waals surface area contributed by atoms with Crippen molar-refractivity contribution in [2.75, 3.05) is 7.11 Å². The summed E-state index contributed by atoms with van der Waals surface area (Å²) in [6.07, 6.45) is 4.33. The molecular formula is C13H18N2O3. The molecule has 3 atom stereocenters. The second-order valence-corrected chi connectivity index (χ2v) is 5.25. The predicted molar refractivity (Wildman–Crippen MR) is 64.3 cm³/mol. The van der Waals surface area contributed by atoms with Gasteiger partial charge in [-0.25, -0.2) is 0 Å². The first-order valence-electron chi connectivity index (χ1n) is 6.48. The van der Waals surface area contributed by atoms with Crippen LogP contribution in [0.3, 0.4) is 0 Å². The predicted octanol–water partition coefficient (Wildman–Crippen LogP) is 1.77. The lowest BCUT2D eigenvalue weighted by atomic mass is 9.99. The number of methoxy groups -OCH3 is 1. The fourth-order valence-electron chi connectivity index (χ4n) is 3.25. The fourth-order valence-corrected chi connectivity index (χ4v) is 3.25. The fraction of sp³-hybridized carbons (Fsp3) is 0.692. The molecule has 3 rings (SSSR count). The molecular weight excluding hydrogens is 232 g/mol. The topological polar surface area (TPSA) is 55.6 Å². The molecule has 1 amide bonds. The Morgan fingerprint density at radius 3 is 2.61 bits per heavy atom. The van der Waals surface area contributed by atoms with E-state index in [9.17, 15) is 4.79 Å². The molecule has 98 valence electrons. The van der Waals surface area contributed by atoms with Crippen LogP contribution in [0.4, 0.5) is 0 Å². The average molecular weight is 250 g/mol. The van der Waals surface area contributed by atoms with Gasteiger partial charge in [0.05, 0.1) is 6.10 Å². The van der Waals surface area contributed by atoms with Crippen LogP contribution in [0.15, 0.2) is 10.6 Å². The van der Waals surface area contributed by atoms with Crippen molar-refractivity contribution in [1.29, 1.82) is 0 Å². The standard InChI is InChI=1S/C13H18N2O3/c1-8-5-12(14-18-8)13(16)15-9-3-4-10(15)7-11(6-9)17-2/h5,9-11H,3-4,6-7H2,1-2H3/t9-,10+,11?. The number of aromatic nitrogens is 1. The van der Waals surface area contributed by atoms with E-state index in [1.54, 1.807) is 20.1 Å². The van der Waals surface area contributed by atoms with Gasteiger partial charge in [-0.1, -0.05) is 5.16 Å². The number of piperidine rings is 1. The molecule has 18 heavy (non-hydrogen) atoms. The number of amides is 1. The first-order chi connectivity index (χ1) is 8.69. The van der Waals surface area contributed by atoms with Crippen LogP contribution in [-0.4, -0.2) is 41.3 Å². The maximum atomic E-state index is 12.4.